The van der Waals surface area contributed by atoms with Gasteiger partial charge in [0.1, 0.15) is 0 Å². The third-order valence-electron chi connectivity index (χ3n) is 2.92. The Hall–Kier alpha value is -1.20. The minimum atomic E-state index is 0.572. The molecule has 2 aromatic heterocycles. The average molecular weight is 324 g/mol. The summed E-state index contributed by atoms with van der Waals surface area (Å²) < 4.78 is 8.75. The van der Waals surface area contributed by atoms with Gasteiger partial charge >= 0.3 is 0 Å². The molecule has 19 heavy (non-hydrogen) atoms. The van der Waals surface area contributed by atoms with Crippen molar-refractivity contribution in [2.45, 2.75) is 33.4 Å². The van der Waals surface area contributed by atoms with Crippen LogP contribution in [0.5, 0.6) is 0 Å². The molecule has 0 spiro atoms. The van der Waals surface area contributed by atoms with Gasteiger partial charge < -0.3 is 4.74 Å². The standard InChI is InChI=1S/C14H18BrN3O/c1-3-18-13(14(15)11(2)17-18)10-19-9-7-12-6-4-5-8-16-12/h4-6,8H,3,7,9-10H2,1-2H3. The van der Waals surface area contributed by atoms with Crippen molar-refractivity contribution in [3.05, 3.63) is 46.0 Å². The molecular weight excluding hydrogens is 306 g/mol. The Morgan fingerprint density at radius 1 is 1.37 bits per heavy atom. The summed E-state index contributed by atoms with van der Waals surface area (Å²) in [7, 11) is 0. The number of hydrogen-bond acceptors (Lipinski definition) is 3. The van der Waals surface area contributed by atoms with Crippen LogP contribution < -0.4 is 0 Å². The first kappa shape index (κ1) is 14.2. The Kier molecular flexibility index (Phi) is 5.10. The number of rotatable bonds is 6. The molecule has 0 aliphatic heterocycles. The van der Waals surface area contributed by atoms with Gasteiger partial charge in [0.2, 0.25) is 0 Å². The first-order valence-corrected chi connectivity index (χ1v) is 7.21. The second-order valence-corrected chi connectivity index (χ2v) is 5.08. The van der Waals surface area contributed by atoms with E-state index in [0.29, 0.717) is 13.2 Å². The van der Waals surface area contributed by atoms with E-state index < -0.39 is 0 Å². The second kappa shape index (κ2) is 6.82. The summed E-state index contributed by atoms with van der Waals surface area (Å²) in [5.41, 5.74) is 3.16. The summed E-state index contributed by atoms with van der Waals surface area (Å²) >= 11 is 3.56. The van der Waals surface area contributed by atoms with Crippen molar-refractivity contribution in [3.63, 3.8) is 0 Å². The molecule has 2 heterocycles. The average Bonchev–Trinajstić information content (AvgIpc) is 2.72. The van der Waals surface area contributed by atoms with E-state index in [9.17, 15) is 0 Å². The predicted molar refractivity (Wildman–Crippen MR) is 77.9 cm³/mol. The first-order chi connectivity index (χ1) is 9.22. The summed E-state index contributed by atoms with van der Waals surface area (Å²) in [6.07, 6.45) is 2.64. The molecule has 0 radical (unpaired) electrons. The van der Waals surface area contributed by atoms with E-state index in [2.05, 4.69) is 32.9 Å². The third-order valence-corrected chi connectivity index (χ3v) is 3.95. The van der Waals surface area contributed by atoms with Gasteiger partial charge in [-0.25, -0.2) is 0 Å². The molecule has 0 aliphatic rings. The largest absolute Gasteiger partial charge is 0.375 e. The van der Waals surface area contributed by atoms with Gasteiger partial charge in [-0.2, -0.15) is 5.10 Å². The van der Waals surface area contributed by atoms with Crippen LogP contribution in [-0.4, -0.2) is 21.4 Å². The van der Waals surface area contributed by atoms with Gasteiger partial charge in [-0.15, -0.1) is 0 Å². The Morgan fingerprint density at radius 2 is 2.21 bits per heavy atom. The Bertz CT molecular complexity index is 525. The lowest BCUT2D eigenvalue weighted by atomic mass is 10.3. The van der Waals surface area contributed by atoms with Gasteiger partial charge in [0, 0.05) is 24.9 Å². The Morgan fingerprint density at radius 3 is 2.89 bits per heavy atom. The van der Waals surface area contributed by atoms with Crippen molar-refractivity contribution in [3.8, 4) is 0 Å². The van der Waals surface area contributed by atoms with Crippen LogP contribution in [0.3, 0.4) is 0 Å². The van der Waals surface area contributed by atoms with Gasteiger partial charge in [-0.1, -0.05) is 6.07 Å². The zero-order valence-corrected chi connectivity index (χ0v) is 12.9. The molecule has 2 aromatic rings. The highest BCUT2D eigenvalue weighted by molar-refractivity contribution is 9.10. The van der Waals surface area contributed by atoms with E-state index in [-0.39, 0.29) is 0 Å². The predicted octanol–water partition coefficient (Wildman–Crippen LogP) is 3.13. The van der Waals surface area contributed by atoms with Gasteiger partial charge in [-0.05, 0) is 41.9 Å². The smallest absolute Gasteiger partial charge is 0.0896 e. The molecule has 2 rings (SSSR count). The van der Waals surface area contributed by atoms with Crippen LogP contribution in [0, 0.1) is 6.92 Å². The summed E-state index contributed by atoms with van der Waals surface area (Å²) in [5, 5.41) is 4.44. The van der Waals surface area contributed by atoms with E-state index in [1.807, 2.05) is 29.8 Å². The highest BCUT2D eigenvalue weighted by Crippen LogP contribution is 2.21. The normalized spacial score (nSPS) is 10.9. The summed E-state index contributed by atoms with van der Waals surface area (Å²) in [5.74, 6) is 0. The van der Waals surface area contributed by atoms with E-state index in [0.717, 1.165) is 34.5 Å². The quantitative estimate of drug-likeness (QED) is 0.767. The molecule has 102 valence electrons. The van der Waals surface area contributed by atoms with Crippen LogP contribution in [-0.2, 0) is 24.3 Å². The number of hydrogen-bond donors (Lipinski definition) is 0. The van der Waals surface area contributed by atoms with Crippen LogP contribution >= 0.6 is 15.9 Å². The molecule has 0 saturated carbocycles. The van der Waals surface area contributed by atoms with Crippen LogP contribution in [0.4, 0.5) is 0 Å². The van der Waals surface area contributed by atoms with E-state index in [1.165, 1.54) is 0 Å². The molecule has 0 amide bonds. The maximum absolute atomic E-state index is 5.73. The lowest BCUT2D eigenvalue weighted by Gasteiger charge is -2.07. The highest BCUT2D eigenvalue weighted by Gasteiger charge is 2.11. The van der Waals surface area contributed by atoms with Crippen LogP contribution in [0.1, 0.15) is 24.0 Å². The fraction of sp³-hybridized carbons (Fsp3) is 0.429. The van der Waals surface area contributed by atoms with Crippen molar-refractivity contribution in [2.75, 3.05) is 6.61 Å². The Labute approximate surface area is 121 Å². The first-order valence-electron chi connectivity index (χ1n) is 6.41. The highest BCUT2D eigenvalue weighted by atomic mass is 79.9. The van der Waals surface area contributed by atoms with Crippen molar-refractivity contribution in [2.24, 2.45) is 0 Å². The molecule has 0 aliphatic carbocycles. The van der Waals surface area contributed by atoms with Crippen LogP contribution in [0.15, 0.2) is 28.9 Å². The van der Waals surface area contributed by atoms with Crippen molar-refractivity contribution < 1.29 is 4.74 Å². The summed E-state index contributed by atoms with van der Waals surface area (Å²) in [4.78, 5) is 4.27. The van der Waals surface area contributed by atoms with Gasteiger partial charge in [0.15, 0.2) is 0 Å². The van der Waals surface area contributed by atoms with Crippen molar-refractivity contribution in [1.82, 2.24) is 14.8 Å². The van der Waals surface area contributed by atoms with Crippen LogP contribution in [0.25, 0.3) is 0 Å². The minimum absolute atomic E-state index is 0.572. The fourth-order valence-corrected chi connectivity index (χ4v) is 2.30. The molecule has 0 unspecified atom stereocenters. The zero-order chi connectivity index (χ0) is 13.7. The lowest BCUT2D eigenvalue weighted by molar-refractivity contribution is 0.117. The van der Waals surface area contributed by atoms with Crippen molar-refractivity contribution in [1.29, 1.82) is 0 Å². The number of aryl methyl sites for hydroxylation is 2. The monoisotopic (exact) mass is 323 g/mol. The molecule has 0 N–H and O–H groups in total. The molecule has 0 atom stereocenters. The molecule has 4 nitrogen and oxygen atoms in total. The van der Waals surface area contributed by atoms with Gasteiger partial charge in [-0.3, -0.25) is 9.67 Å². The zero-order valence-electron chi connectivity index (χ0n) is 11.3. The molecule has 0 bridgehead atoms. The van der Waals surface area contributed by atoms with Crippen LogP contribution in [0.2, 0.25) is 0 Å². The maximum Gasteiger partial charge on any atom is 0.0896 e. The topological polar surface area (TPSA) is 39.9 Å². The fourth-order valence-electron chi connectivity index (χ4n) is 1.90. The van der Waals surface area contributed by atoms with Gasteiger partial charge in [0.25, 0.3) is 0 Å². The SMILES string of the molecule is CCn1nc(C)c(Br)c1COCCc1ccccn1. The van der Waals surface area contributed by atoms with Gasteiger partial charge in [0.05, 0.1) is 29.1 Å². The number of ether oxygens (including phenoxy) is 1. The maximum atomic E-state index is 5.73. The summed E-state index contributed by atoms with van der Waals surface area (Å²) in [6.45, 7) is 6.16. The van der Waals surface area contributed by atoms with Crippen molar-refractivity contribution >= 4 is 15.9 Å². The minimum Gasteiger partial charge on any atom is -0.375 e. The molecule has 0 fully saturated rings. The number of halogens is 1. The number of pyridine rings is 1. The molecule has 0 aromatic carbocycles. The van der Waals surface area contributed by atoms with E-state index >= 15 is 0 Å². The third kappa shape index (κ3) is 3.64. The molecule has 0 saturated heterocycles. The second-order valence-electron chi connectivity index (χ2n) is 4.29. The summed E-state index contributed by atoms with van der Waals surface area (Å²) in [6, 6.07) is 5.93. The Balaban J connectivity index is 1.86. The molecular formula is C14H18BrN3O. The van der Waals surface area contributed by atoms with E-state index in [1.54, 1.807) is 6.20 Å². The molecule has 5 heteroatoms. The number of nitrogens with zero attached hydrogens (tertiary/aromatic N) is 3. The van der Waals surface area contributed by atoms with E-state index in [4.69, 9.17) is 4.74 Å². The lowest BCUT2D eigenvalue weighted by Crippen LogP contribution is -2.07. The number of aromatic nitrogens is 3.